The van der Waals surface area contributed by atoms with E-state index in [1.54, 1.807) is 36.5 Å². The maximum Gasteiger partial charge on any atom is 0.344 e. The number of ether oxygens (including phenoxy) is 2. The molecule has 1 aromatic carbocycles. The van der Waals surface area contributed by atoms with Gasteiger partial charge in [-0.25, -0.2) is 9.78 Å². The van der Waals surface area contributed by atoms with Gasteiger partial charge in [-0.3, -0.25) is 0 Å². The molecular weight excluding hydrogens is 362 g/mol. The number of hydrogen-bond acceptors (Lipinski definition) is 4. The second kappa shape index (κ2) is 6.78. The van der Waals surface area contributed by atoms with Crippen LogP contribution in [-0.2, 0) is 4.79 Å². The van der Waals surface area contributed by atoms with Gasteiger partial charge in [0.05, 0.1) is 0 Å². The Morgan fingerprint density at radius 2 is 1.95 bits per heavy atom. The third kappa shape index (κ3) is 4.34. The van der Waals surface area contributed by atoms with Crippen molar-refractivity contribution in [3.8, 4) is 17.4 Å². The van der Waals surface area contributed by atoms with E-state index in [2.05, 4.69) is 20.9 Å². The van der Waals surface area contributed by atoms with Crippen molar-refractivity contribution in [2.24, 2.45) is 0 Å². The molecule has 0 aliphatic carbocycles. The second-order valence-corrected chi connectivity index (χ2v) is 5.44. The first-order chi connectivity index (χ1) is 9.95. The van der Waals surface area contributed by atoms with Gasteiger partial charge in [-0.05, 0) is 53.2 Å². The molecule has 0 fully saturated rings. The molecule has 21 heavy (non-hydrogen) atoms. The first kappa shape index (κ1) is 15.6. The zero-order valence-electron chi connectivity index (χ0n) is 10.9. The summed E-state index contributed by atoms with van der Waals surface area (Å²) in [6, 6.07) is 8.19. The van der Waals surface area contributed by atoms with Gasteiger partial charge >= 0.3 is 5.97 Å². The lowest BCUT2D eigenvalue weighted by atomic mass is 10.3. The number of pyridine rings is 1. The van der Waals surface area contributed by atoms with Crippen molar-refractivity contribution < 1.29 is 19.4 Å². The molecule has 0 spiro atoms. The summed E-state index contributed by atoms with van der Waals surface area (Å²) in [4.78, 5) is 14.8. The highest BCUT2D eigenvalue weighted by molar-refractivity contribution is 9.10. The zero-order chi connectivity index (χ0) is 15.4. The van der Waals surface area contributed by atoms with Crippen molar-refractivity contribution >= 4 is 33.5 Å². The van der Waals surface area contributed by atoms with E-state index in [0.717, 1.165) is 4.47 Å². The highest BCUT2D eigenvalue weighted by atomic mass is 79.9. The standard InChI is InChI=1S/C14H11BrClNO4/c1-8(14(18)19)20-10-2-4-11(5-3-10)21-13-12(16)6-9(15)7-17-13/h2-8H,1H3,(H,18,19). The predicted molar refractivity (Wildman–Crippen MR) is 81.2 cm³/mol. The van der Waals surface area contributed by atoms with Crippen LogP contribution in [0.5, 0.6) is 17.4 Å². The number of carboxylic acid groups (broad SMARTS) is 1. The van der Waals surface area contributed by atoms with Crippen LogP contribution in [0.2, 0.25) is 5.02 Å². The van der Waals surface area contributed by atoms with Crippen LogP contribution >= 0.6 is 27.5 Å². The van der Waals surface area contributed by atoms with E-state index in [4.69, 9.17) is 26.2 Å². The summed E-state index contributed by atoms with van der Waals surface area (Å²) >= 11 is 9.27. The number of benzene rings is 1. The minimum absolute atomic E-state index is 0.285. The molecule has 110 valence electrons. The molecule has 5 nitrogen and oxygen atoms in total. The van der Waals surface area contributed by atoms with Crippen molar-refractivity contribution in [3.63, 3.8) is 0 Å². The van der Waals surface area contributed by atoms with Gasteiger partial charge in [-0.2, -0.15) is 0 Å². The Morgan fingerprint density at radius 3 is 2.52 bits per heavy atom. The Morgan fingerprint density at radius 1 is 1.33 bits per heavy atom. The molecule has 0 bridgehead atoms. The minimum Gasteiger partial charge on any atom is -0.479 e. The fourth-order valence-electron chi connectivity index (χ4n) is 1.43. The van der Waals surface area contributed by atoms with Gasteiger partial charge in [0.15, 0.2) is 6.10 Å². The van der Waals surface area contributed by atoms with Gasteiger partial charge in [0.2, 0.25) is 5.88 Å². The Hall–Kier alpha value is -1.79. The smallest absolute Gasteiger partial charge is 0.344 e. The highest BCUT2D eigenvalue weighted by Crippen LogP contribution is 2.30. The van der Waals surface area contributed by atoms with Crippen LogP contribution in [0.1, 0.15) is 6.92 Å². The summed E-state index contributed by atoms with van der Waals surface area (Å²) in [5.41, 5.74) is 0. The monoisotopic (exact) mass is 371 g/mol. The molecule has 1 N–H and O–H groups in total. The van der Waals surface area contributed by atoms with Crippen molar-refractivity contribution in [1.82, 2.24) is 4.98 Å². The van der Waals surface area contributed by atoms with Crippen LogP contribution in [0.4, 0.5) is 0 Å². The van der Waals surface area contributed by atoms with E-state index in [0.29, 0.717) is 16.5 Å². The molecule has 0 aliphatic heterocycles. The summed E-state index contributed by atoms with van der Waals surface area (Å²) < 4.78 is 11.5. The average molecular weight is 373 g/mol. The van der Waals surface area contributed by atoms with Gasteiger partial charge < -0.3 is 14.6 Å². The van der Waals surface area contributed by atoms with Gasteiger partial charge in [-0.15, -0.1) is 0 Å². The second-order valence-electron chi connectivity index (χ2n) is 4.11. The molecule has 1 heterocycles. The first-order valence-electron chi connectivity index (χ1n) is 5.94. The van der Waals surface area contributed by atoms with Gasteiger partial charge in [-0.1, -0.05) is 11.6 Å². The fourth-order valence-corrected chi connectivity index (χ4v) is 2.10. The molecule has 1 unspecified atom stereocenters. The molecule has 2 rings (SSSR count). The van der Waals surface area contributed by atoms with Crippen molar-refractivity contribution in [3.05, 3.63) is 46.0 Å². The lowest BCUT2D eigenvalue weighted by Crippen LogP contribution is -2.22. The summed E-state index contributed by atoms with van der Waals surface area (Å²) in [5, 5.41) is 9.15. The lowest BCUT2D eigenvalue weighted by Gasteiger charge is -2.11. The van der Waals surface area contributed by atoms with E-state index < -0.39 is 12.1 Å². The van der Waals surface area contributed by atoms with Crippen LogP contribution in [-0.4, -0.2) is 22.2 Å². The molecule has 0 saturated carbocycles. The van der Waals surface area contributed by atoms with Gasteiger partial charge in [0.25, 0.3) is 0 Å². The number of nitrogens with zero attached hydrogens (tertiary/aromatic N) is 1. The normalized spacial score (nSPS) is 11.8. The number of carboxylic acids is 1. The molecule has 0 amide bonds. The Balaban J connectivity index is 2.07. The summed E-state index contributed by atoms with van der Waals surface area (Å²) in [5.74, 6) is 0.211. The quantitative estimate of drug-likeness (QED) is 0.854. The van der Waals surface area contributed by atoms with Crippen LogP contribution in [0, 0.1) is 0 Å². The van der Waals surface area contributed by atoms with E-state index in [1.807, 2.05) is 0 Å². The maximum atomic E-state index is 10.7. The third-order valence-electron chi connectivity index (χ3n) is 2.47. The van der Waals surface area contributed by atoms with E-state index in [9.17, 15) is 4.79 Å². The first-order valence-corrected chi connectivity index (χ1v) is 7.11. The molecule has 0 saturated heterocycles. The predicted octanol–water partition coefficient (Wildman–Crippen LogP) is 4.14. The molecule has 1 atom stereocenters. The average Bonchev–Trinajstić information content (AvgIpc) is 2.43. The lowest BCUT2D eigenvalue weighted by molar-refractivity contribution is -0.144. The van der Waals surface area contributed by atoms with E-state index in [1.165, 1.54) is 6.92 Å². The third-order valence-corrected chi connectivity index (χ3v) is 3.18. The number of carbonyl (C=O) groups is 1. The molecule has 0 radical (unpaired) electrons. The highest BCUT2D eigenvalue weighted by Gasteiger charge is 2.12. The topological polar surface area (TPSA) is 68.7 Å². The zero-order valence-corrected chi connectivity index (χ0v) is 13.3. The van der Waals surface area contributed by atoms with Crippen LogP contribution < -0.4 is 9.47 Å². The molecule has 1 aromatic heterocycles. The van der Waals surface area contributed by atoms with E-state index >= 15 is 0 Å². The maximum absolute atomic E-state index is 10.7. The van der Waals surface area contributed by atoms with Crippen LogP contribution in [0.15, 0.2) is 41.0 Å². The van der Waals surface area contributed by atoms with Crippen molar-refractivity contribution in [2.75, 3.05) is 0 Å². The summed E-state index contributed by atoms with van der Waals surface area (Å²) in [7, 11) is 0. The minimum atomic E-state index is -1.03. The molecule has 2 aromatic rings. The van der Waals surface area contributed by atoms with Crippen LogP contribution in [0.3, 0.4) is 0 Å². The summed E-state index contributed by atoms with van der Waals surface area (Å²) in [6.07, 6.45) is 0.659. The largest absolute Gasteiger partial charge is 0.479 e. The molecule has 0 aliphatic rings. The van der Waals surface area contributed by atoms with E-state index in [-0.39, 0.29) is 5.88 Å². The van der Waals surface area contributed by atoms with Crippen LogP contribution in [0.25, 0.3) is 0 Å². The Labute approximate surface area is 134 Å². The molecular formula is C14H11BrClNO4. The number of aliphatic carboxylic acids is 1. The summed E-state index contributed by atoms with van der Waals surface area (Å²) in [6.45, 7) is 1.46. The van der Waals surface area contributed by atoms with Crippen molar-refractivity contribution in [1.29, 1.82) is 0 Å². The van der Waals surface area contributed by atoms with Gasteiger partial charge in [0.1, 0.15) is 16.5 Å². The Kier molecular flexibility index (Phi) is 5.03. The Bertz CT molecular complexity index is 648. The number of halogens is 2. The molecule has 7 heteroatoms. The van der Waals surface area contributed by atoms with Gasteiger partial charge in [0, 0.05) is 10.7 Å². The van der Waals surface area contributed by atoms with Crippen molar-refractivity contribution in [2.45, 2.75) is 13.0 Å². The fraction of sp³-hybridized carbons (Fsp3) is 0.143. The number of hydrogen-bond donors (Lipinski definition) is 1. The number of rotatable bonds is 5. The SMILES string of the molecule is CC(Oc1ccc(Oc2ncc(Br)cc2Cl)cc1)C(=O)O. The number of aromatic nitrogens is 1.